The van der Waals surface area contributed by atoms with Crippen molar-refractivity contribution < 1.29 is 14.2 Å². The van der Waals surface area contributed by atoms with E-state index >= 15 is 0 Å². The second-order valence-electron chi connectivity index (χ2n) is 7.31. The van der Waals surface area contributed by atoms with Crippen molar-refractivity contribution in [1.29, 1.82) is 0 Å². The van der Waals surface area contributed by atoms with Gasteiger partial charge in [0.05, 0.1) is 13.2 Å². The molecule has 0 aliphatic heterocycles. The summed E-state index contributed by atoms with van der Waals surface area (Å²) in [6.45, 7) is 5.76. The van der Waals surface area contributed by atoms with Crippen LogP contribution in [0, 0.1) is 5.92 Å². The third kappa shape index (κ3) is 11.0. The smallest absolute Gasteiger partial charge is 0.213 e. The quantitative estimate of drug-likeness (QED) is 0.202. The lowest BCUT2D eigenvalue weighted by Crippen LogP contribution is -2.37. The maximum atomic E-state index is 6.09. The summed E-state index contributed by atoms with van der Waals surface area (Å²) in [4.78, 5) is 8.63. The first-order valence-corrected chi connectivity index (χ1v) is 10.3. The molecule has 2 N–H and O–H groups in total. The van der Waals surface area contributed by atoms with E-state index in [4.69, 9.17) is 14.2 Å². The SMILES string of the molecule is CN=C(NCCCOCCOC)NCc1ccnc(OC2CCC(C)CC2)c1.I. The third-order valence-corrected chi connectivity index (χ3v) is 4.92. The van der Waals surface area contributed by atoms with Crippen molar-refractivity contribution in [2.24, 2.45) is 10.9 Å². The van der Waals surface area contributed by atoms with Crippen LogP contribution in [0.3, 0.4) is 0 Å². The van der Waals surface area contributed by atoms with Gasteiger partial charge < -0.3 is 24.8 Å². The van der Waals surface area contributed by atoms with E-state index in [-0.39, 0.29) is 24.0 Å². The maximum Gasteiger partial charge on any atom is 0.213 e. The van der Waals surface area contributed by atoms with Crippen molar-refractivity contribution in [3.63, 3.8) is 0 Å². The first-order chi connectivity index (χ1) is 13.7. The molecule has 1 fully saturated rings. The van der Waals surface area contributed by atoms with E-state index in [1.54, 1.807) is 14.2 Å². The molecule has 1 aromatic heterocycles. The number of aliphatic imine (C=N–C) groups is 1. The minimum Gasteiger partial charge on any atom is -0.474 e. The van der Waals surface area contributed by atoms with E-state index in [9.17, 15) is 0 Å². The molecule has 29 heavy (non-hydrogen) atoms. The number of guanidine groups is 1. The van der Waals surface area contributed by atoms with Gasteiger partial charge in [0, 0.05) is 46.1 Å². The third-order valence-electron chi connectivity index (χ3n) is 4.92. The summed E-state index contributed by atoms with van der Waals surface area (Å²) in [5, 5.41) is 6.62. The van der Waals surface area contributed by atoms with Crippen LogP contribution in [-0.4, -0.2) is 57.6 Å². The number of pyridine rings is 1. The van der Waals surface area contributed by atoms with E-state index in [0.29, 0.717) is 32.5 Å². The number of methoxy groups -OCH3 is 1. The number of hydrogen-bond donors (Lipinski definition) is 2. The van der Waals surface area contributed by atoms with Crippen LogP contribution in [0.1, 0.15) is 44.6 Å². The molecule has 8 heteroatoms. The van der Waals surface area contributed by atoms with Crippen LogP contribution in [0.25, 0.3) is 0 Å². The van der Waals surface area contributed by atoms with Gasteiger partial charge in [-0.05, 0) is 49.7 Å². The molecule has 1 aliphatic rings. The Bertz CT molecular complexity index is 581. The molecule has 7 nitrogen and oxygen atoms in total. The summed E-state index contributed by atoms with van der Waals surface area (Å²) in [6.07, 6.45) is 7.75. The molecule has 0 spiro atoms. The summed E-state index contributed by atoms with van der Waals surface area (Å²) in [5.41, 5.74) is 1.13. The topological polar surface area (TPSA) is 77.0 Å². The van der Waals surface area contributed by atoms with Gasteiger partial charge in [0.2, 0.25) is 5.88 Å². The molecule has 1 aliphatic carbocycles. The number of nitrogens with one attached hydrogen (secondary N) is 2. The minimum atomic E-state index is 0. The summed E-state index contributed by atoms with van der Waals surface area (Å²) >= 11 is 0. The van der Waals surface area contributed by atoms with Gasteiger partial charge in [-0.1, -0.05) is 6.92 Å². The molecule has 1 aromatic rings. The molecule has 0 radical (unpaired) electrons. The molecule has 0 amide bonds. The fourth-order valence-electron chi connectivity index (χ4n) is 3.17. The lowest BCUT2D eigenvalue weighted by atomic mass is 9.89. The summed E-state index contributed by atoms with van der Waals surface area (Å²) < 4.78 is 16.5. The van der Waals surface area contributed by atoms with Crippen molar-refractivity contribution >= 4 is 29.9 Å². The minimum absolute atomic E-state index is 0. The van der Waals surface area contributed by atoms with Gasteiger partial charge >= 0.3 is 0 Å². The van der Waals surface area contributed by atoms with Crippen LogP contribution in [0.5, 0.6) is 5.88 Å². The molecule has 0 bridgehead atoms. The molecule has 166 valence electrons. The van der Waals surface area contributed by atoms with Crippen LogP contribution in [0.15, 0.2) is 23.3 Å². The van der Waals surface area contributed by atoms with E-state index in [1.165, 1.54) is 12.8 Å². The fraction of sp³-hybridized carbons (Fsp3) is 0.714. The first kappa shape index (κ1) is 25.9. The van der Waals surface area contributed by atoms with Crippen LogP contribution >= 0.6 is 24.0 Å². The van der Waals surface area contributed by atoms with Crippen LogP contribution in [-0.2, 0) is 16.0 Å². The largest absolute Gasteiger partial charge is 0.474 e. The van der Waals surface area contributed by atoms with Crippen molar-refractivity contribution in [2.75, 3.05) is 40.5 Å². The predicted molar refractivity (Wildman–Crippen MR) is 127 cm³/mol. The van der Waals surface area contributed by atoms with Gasteiger partial charge in [0.25, 0.3) is 0 Å². The molecule has 2 rings (SSSR count). The predicted octanol–water partition coefficient (Wildman–Crippen LogP) is 3.38. The van der Waals surface area contributed by atoms with Crippen molar-refractivity contribution in [1.82, 2.24) is 15.6 Å². The zero-order valence-corrected chi connectivity index (χ0v) is 20.3. The van der Waals surface area contributed by atoms with E-state index < -0.39 is 0 Å². The van der Waals surface area contributed by atoms with Crippen LogP contribution < -0.4 is 15.4 Å². The number of halogens is 1. The number of aromatic nitrogens is 1. The number of nitrogens with zero attached hydrogens (tertiary/aromatic N) is 2. The molecule has 0 saturated heterocycles. The average Bonchev–Trinajstić information content (AvgIpc) is 2.71. The first-order valence-electron chi connectivity index (χ1n) is 10.3. The highest BCUT2D eigenvalue weighted by Crippen LogP contribution is 2.26. The highest BCUT2D eigenvalue weighted by Gasteiger charge is 2.19. The Kier molecular flexibility index (Phi) is 14.0. The van der Waals surface area contributed by atoms with Crippen molar-refractivity contribution in [3.8, 4) is 5.88 Å². The Morgan fingerprint density at radius 3 is 2.69 bits per heavy atom. The van der Waals surface area contributed by atoms with E-state index in [1.807, 2.05) is 18.3 Å². The van der Waals surface area contributed by atoms with E-state index in [2.05, 4.69) is 27.5 Å². The lowest BCUT2D eigenvalue weighted by molar-refractivity contribution is 0.0698. The molecule has 0 unspecified atom stereocenters. The number of ether oxygens (including phenoxy) is 3. The summed E-state index contributed by atoms with van der Waals surface area (Å²) in [5.74, 6) is 2.31. The van der Waals surface area contributed by atoms with E-state index in [0.717, 1.165) is 49.1 Å². The number of rotatable bonds is 11. The molecule has 0 atom stereocenters. The number of hydrogen-bond acceptors (Lipinski definition) is 5. The normalized spacial score (nSPS) is 19.3. The standard InChI is InChI=1S/C21H36N4O3.HI/c1-17-5-7-19(8-6-17)28-20-15-18(9-11-23-20)16-25-21(22-2)24-10-4-12-27-14-13-26-3;/h9,11,15,17,19H,4-8,10,12-14,16H2,1-3H3,(H2,22,24,25);1H. The maximum absolute atomic E-state index is 6.09. The zero-order chi connectivity index (χ0) is 20.0. The van der Waals surface area contributed by atoms with Gasteiger partial charge in [-0.25, -0.2) is 4.98 Å². The highest BCUT2D eigenvalue weighted by molar-refractivity contribution is 14.0. The molecular weight excluding hydrogens is 483 g/mol. The van der Waals surface area contributed by atoms with Crippen molar-refractivity contribution in [3.05, 3.63) is 23.9 Å². The second-order valence-corrected chi connectivity index (χ2v) is 7.31. The van der Waals surface area contributed by atoms with Crippen LogP contribution in [0.2, 0.25) is 0 Å². The summed E-state index contributed by atoms with van der Waals surface area (Å²) in [7, 11) is 3.45. The Hall–Kier alpha value is -1.13. The highest BCUT2D eigenvalue weighted by atomic mass is 127. The van der Waals surface area contributed by atoms with Gasteiger partial charge in [0.1, 0.15) is 6.10 Å². The zero-order valence-electron chi connectivity index (χ0n) is 18.0. The lowest BCUT2D eigenvalue weighted by Gasteiger charge is -2.26. The second kappa shape index (κ2) is 15.7. The molecule has 0 aromatic carbocycles. The Morgan fingerprint density at radius 1 is 1.17 bits per heavy atom. The van der Waals surface area contributed by atoms with Gasteiger partial charge in [-0.2, -0.15) is 0 Å². The Labute approximate surface area is 192 Å². The molecule has 1 saturated carbocycles. The average molecular weight is 520 g/mol. The monoisotopic (exact) mass is 520 g/mol. The molecule has 1 heterocycles. The Balaban J connectivity index is 0.00000420. The van der Waals surface area contributed by atoms with Gasteiger partial charge in [0.15, 0.2) is 5.96 Å². The fourth-order valence-corrected chi connectivity index (χ4v) is 3.17. The van der Waals surface area contributed by atoms with Gasteiger partial charge in [-0.15, -0.1) is 24.0 Å². The van der Waals surface area contributed by atoms with Crippen molar-refractivity contribution in [2.45, 2.75) is 51.7 Å². The molecular formula is C21H37IN4O3. The Morgan fingerprint density at radius 2 is 1.97 bits per heavy atom. The summed E-state index contributed by atoms with van der Waals surface area (Å²) in [6, 6.07) is 4.02. The van der Waals surface area contributed by atoms with Crippen LogP contribution in [0.4, 0.5) is 0 Å². The van der Waals surface area contributed by atoms with Gasteiger partial charge in [-0.3, -0.25) is 4.99 Å².